The number of amides is 1. The standard InChI is InChI=1S/C18H21FN4O/c19-16-6-4-15(5-7-16)18(24)21-9-10-22-11-13-23(14-12-22)17-3-1-2-8-20-17/h1-8H,9-14H2,(H,21,24). The van der Waals surface area contributed by atoms with Crippen LogP contribution in [0.2, 0.25) is 0 Å². The third-order valence-corrected chi connectivity index (χ3v) is 4.17. The van der Waals surface area contributed by atoms with Gasteiger partial charge in [0.25, 0.3) is 5.91 Å². The van der Waals surface area contributed by atoms with E-state index in [0.29, 0.717) is 12.1 Å². The molecular weight excluding hydrogens is 307 g/mol. The molecule has 6 heteroatoms. The summed E-state index contributed by atoms with van der Waals surface area (Å²) in [4.78, 5) is 20.9. The first kappa shape index (κ1) is 16.4. The van der Waals surface area contributed by atoms with Gasteiger partial charge in [-0.05, 0) is 36.4 Å². The summed E-state index contributed by atoms with van der Waals surface area (Å²) in [7, 11) is 0. The van der Waals surface area contributed by atoms with E-state index in [1.165, 1.54) is 24.3 Å². The van der Waals surface area contributed by atoms with Gasteiger partial charge in [-0.25, -0.2) is 9.37 Å². The normalized spacial score (nSPS) is 15.3. The van der Waals surface area contributed by atoms with Crippen molar-refractivity contribution in [3.8, 4) is 0 Å². The van der Waals surface area contributed by atoms with Crippen LogP contribution in [0.5, 0.6) is 0 Å². The number of nitrogens with zero attached hydrogens (tertiary/aromatic N) is 3. The molecule has 1 saturated heterocycles. The first-order chi connectivity index (χ1) is 11.7. The van der Waals surface area contributed by atoms with Crippen molar-refractivity contribution in [1.82, 2.24) is 15.2 Å². The van der Waals surface area contributed by atoms with E-state index in [1.807, 2.05) is 24.4 Å². The highest BCUT2D eigenvalue weighted by atomic mass is 19.1. The fraction of sp³-hybridized carbons (Fsp3) is 0.333. The molecule has 0 saturated carbocycles. The van der Waals surface area contributed by atoms with Gasteiger partial charge in [0.05, 0.1) is 0 Å². The molecule has 1 aliphatic heterocycles. The topological polar surface area (TPSA) is 48.5 Å². The zero-order valence-electron chi connectivity index (χ0n) is 13.5. The van der Waals surface area contributed by atoms with Crippen LogP contribution in [0.1, 0.15) is 10.4 Å². The van der Waals surface area contributed by atoms with E-state index in [0.717, 1.165) is 38.5 Å². The van der Waals surface area contributed by atoms with Crippen LogP contribution < -0.4 is 10.2 Å². The lowest BCUT2D eigenvalue weighted by Gasteiger charge is -2.35. The number of anilines is 1. The molecule has 126 valence electrons. The third kappa shape index (κ3) is 4.29. The molecule has 2 aromatic rings. The minimum Gasteiger partial charge on any atom is -0.354 e. The van der Waals surface area contributed by atoms with E-state index < -0.39 is 0 Å². The van der Waals surface area contributed by atoms with Crippen LogP contribution >= 0.6 is 0 Å². The number of piperazine rings is 1. The largest absolute Gasteiger partial charge is 0.354 e. The predicted molar refractivity (Wildman–Crippen MR) is 91.6 cm³/mol. The Bertz CT molecular complexity index is 654. The maximum absolute atomic E-state index is 12.9. The van der Waals surface area contributed by atoms with Crippen molar-refractivity contribution in [2.75, 3.05) is 44.2 Å². The Labute approximate surface area is 141 Å². The number of rotatable bonds is 5. The number of benzene rings is 1. The van der Waals surface area contributed by atoms with Gasteiger partial charge >= 0.3 is 0 Å². The van der Waals surface area contributed by atoms with Crippen molar-refractivity contribution < 1.29 is 9.18 Å². The molecule has 3 rings (SSSR count). The average molecular weight is 328 g/mol. The number of hydrogen-bond donors (Lipinski definition) is 1. The molecule has 0 unspecified atom stereocenters. The summed E-state index contributed by atoms with van der Waals surface area (Å²) < 4.78 is 12.9. The van der Waals surface area contributed by atoms with E-state index >= 15 is 0 Å². The van der Waals surface area contributed by atoms with Crippen LogP contribution in [0, 0.1) is 5.82 Å². The fourth-order valence-corrected chi connectivity index (χ4v) is 2.77. The molecular formula is C18H21FN4O. The Morgan fingerprint density at radius 3 is 2.50 bits per heavy atom. The van der Waals surface area contributed by atoms with Crippen molar-refractivity contribution in [2.24, 2.45) is 0 Å². The number of nitrogens with one attached hydrogen (secondary N) is 1. The quantitative estimate of drug-likeness (QED) is 0.909. The number of pyridine rings is 1. The van der Waals surface area contributed by atoms with Gasteiger partial charge in [-0.3, -0.25) is 9.69 Å². The van der Waals surface area contributed by atoms with E-state index in [-0.39, 0.29) is 11.7 Å². The molecule has 2 heterocycles. The van der Waals surface area contributed by atoms with E-state index in [1.54, 1.807) is 0 Å². The minimum atomic E-state index is -0.336. The Hall–Kier alpha value is -2.47. The number of hydrogen-bond acceptors (Lipinski definition) is 4. The van der Waals surface area contributed by atoms with Crippen molar-refractivity contribution in [3.63, 3.8) is 0 Å². The summed E-state index contributed by atoms with van der Waals surface area (Å²) in [5.74, 6) is 0.515. The Morgan fingerprint density at radius 1 is 1.08 bits per heavy atom. The third-order valence-electron chi connectivity index (χ3n) is 4.17. The molecule has 0 atom stereocenters. The highest BCUT2D eigenvalue weighted by Crippen LogP contribution is 2.12. The highest BCUT2D eigenvalue weighted by molar-refractivity contribution is 5.94. The lowest BCUT2D eigenvalue weighted by atomic mass is 10.2. The van der Waals surface area contributed by atoms with Gasteiger partial charge in [0.15, 0.2) is 0 Å². The molecule has 1 aliphatic rings. The van der Waals surface area contributed by atoms with E-state index in [4.69, 9.17) is 0 Å². The lowest BCUT2D eigenvalue weighted by Crippen LogP contribution is -2.48. The van der Waals surface area contributed by atoms with Crippen molar-refractivity contribution in [2.45, 2.75) is 0 Å². The Kier molecular flexibility index (Phi) is 5.38. The maximum atomic E-state index is 12.9. The number of aromatic nitrogens is 1. The summed E-state index contributed by atoms with van der Waals surface area (Å²) >= 11 is 0. The summed E-state index contributed by atoms with van der Waals surface area (Å²) in [6, 6.07) is 11.5. The van der Waals surface area contributed by atoms with Gasteiger partial charge in [-0.1, -0.05) is 6.07 Å². The van der Waals surface area contributed by atoms with Crippen molar-refractivity contribution in [1.29, 1.82) is 0 Å². The predicted octanol–water partition coefficient (Wildman–Crippen LogP) is 1.77. The number of carbonyl (C=O) groups excluding carboxylic acids is 1. The summed E-state index contributed by atoms with van der Waals surface area (Å²) in [5, 5.41) is 2.88. The molecule has 0 spiro atoms. The van der Waals surface area contributed by atoms with Gasteiger partial charge < -0.3 is 10.2 Å². The molecule has 1 N–H and O–H groups in total. The molecule has 1 aromatic carbocycles. The molecule has 0 bridgehead atoms. The maximum Gasteiger partial charge on any atom is 0.251 e. The molecule has 1 fully saturated rings. The van der Waals surface area contributed by atoms with Crippen LogP contribution in [0.3, 0.4) is 0 Å². The molecule has 5 nitrogen and oxygen atoms in total. The van der Waals surface area contributed by atoms with E-state index in [9.17, 15) is 9.18 Å². The second-order valence-corrected chi connectivity index (χ2v) is 5.78. The zero-order valence-corrected chi connectivity index (χ0v) is 13.5. The molecule has 1 aromatic heterocycles. The van der Waals surface area contributed by atoms with Gasteiger partial charge in [0.1, 0.15) is 11.6 Å². The van der Waals surface area contributed by atoms with E-state index in [2.05, 4.69) is 20.1 Å². The SMILES string of the molecule is O=C(NCCN1CCN(c2ccccn2)CC1)c1ccc(F)cc1. The van der Waals surface area contributed by atoms with Crippen molar-refractivity contribution >= 4 is 11.7 Å². The summed E-state index contributed by atoms with van der Waals surface area (Å²) in [6.45, 7) is 5.15. The lowest BCUT2D eigenvalue weighted by molar-refractivity contribution is 0.0947. The molecule has 0 aliphatic carbocycles. The Balaban J connectivity index is 1.39. The highest BCUT2D eigenvalue weighted by Gasteiger charge is 2.17. The Morgan fingerprint density at radius 2 is 1.83 bits per heavy atom. The molecule has 1 amide bonds. The first-order valence-electron chi connectivity index (χ1n) is 8.14. The van der Waals surface area contributed by atoms with Crippen LogP contribution in [0.25, 0.3) is 0 Å². The second-order valence-electron chi connectivity index (χ2n) is 5.78. The van der Waals surface area contributed by atoms with Crippen LogP contribution in [-0.2, 0) is 0 Å². The monoisotopic (exact) mass is 328 g/mol. The smallest absolute Gasteiger partial charge is 0.251 e. The van der Waals surface area contributed by atoms with Gasteiger partial charge in [-0.15, -0.1) is 0 Å². The fourth-order valence-electron chi connectivity index (χ4n) is 2.77. The first-order valence-corrected chi connectivity index (χ1v) is 8.14. The van der Waals surface area contributed by atoms with Crippen LogP contribution in [-0.4, -0.2) is 55.1 Å². The summed E-state index contributed by atoms with van der Waals surface area (Å²) in [6.07, 6.45) is 1.81. The number of halogens is 1. The summed E-state index contributed by atoms with van der Waals surface area (Å²) in [5.41, 5.74) is 0.483. The van der Waals surface area contributed by atoms with Gasteiger partial charge in [-0.2, -0.15) is 0 Å². The molecule has 0 radical (unpaired) electrons. The minimum absolute atomic E-state index is 0.165. The van der Waals surface area contributed by atoms with Crippen LogP contribution in [0.15, 0.2) is 48.7 Å². The van der Waals surface area contributed by atoms with Crippen LogP contribution in [0.4, 0.5) is 10.2 Å². The number of carbonyl (C=O) groups is 1. The van der Waals surface area contributed by atoms with Crippen molar-refractivity contribution in [3.05, 3.63) is 60.0 Å². The second kappa shape index (κ2) is 7.88. The van der Waals surface area contributed by atoms with Gasteiger partial charge in [0, 0.05) is 51.0 Å². The molecule has 24 heavy (non-hydrogen) atoms. The van der Waals surface area contributed by atoms with Gasteiger partial charge in [0.2, 0.25) is 0 Å². The average Bonchev–Trinajstić information content (AvgIpc) is 2.63. The zero-order chi connectivity index (χ0) is 16.8.